The average molecular weight is 301 g/mol. The van der Waals surface area contributed by atoms with E-state index in [1.54, 1.807) is 0 Å². The summed E-state index contributed by atoms with van der Waals surface area (Å²) in [5.74, 6) is 1.03. The van der Waals surface area contributed by atoms with Crippen LogP contribution in [0.1, 0.15) is 59.3 Å². The molecule has 1 aliphatic heterocycles. The molecule has 1 fully saturated rings. The first-order valence-corrected chi connectivity index (χ1v) is 9.27. The fourth-order valence-electron chi connectivity index (χ4n) is 4.07. The molecular formula is C17H36N2S. The summed E-state index contributed by atoms with van der Waals surface area (Å²) >= 11 is 4.69. The highest BCUT2D eigenvalue weighted by Gasteiger charge is 2.30. The summed E-state index contributed by atoms with van der Waals surface area (Å²) in [6, 6.07) is 0.783. The zero-order chi connectivity index (χ0) is 15.0. The minimum Gasteiger partial charge on any atom is -0.304 e. The molecule has 0 bridgehead atoms. The van der Waals surface area contributed by atoms with Crippen molar-refractivity contribution in [3.8, 4) is 0 Å². The van der Waals surface area contributed by atoms with Gasteiger partial charge in [-0.2, -0.15) is 12.6 Å². The molecule has 0 amide bonds. The summed E-state index contributed by atoms with van der Waals surface area (Å²) in [4.78, 5) is 5.23. The maximum atomic E-state index is 4.69. The molecule has 0 aromatic rings. The first-order chi connectivity index (χ1) is 9.60. The fourth-order valence-corrected chi connectivity index (χ4v) is 4.48. The summed E-state index contributed by atoms with van der Waals surface area (Å²) in [7, 11) is 2.32. The Kier molecular flexibility index (Phi) is 8.54. The van der Waals surface area contributed by atoms with Crippen LogP contribution in [0.3, 0.4) is 0 Å². The molecule has 1 aliphatic rings. The summed E-state index contributed by atoms with van der Waals surface area (Å²) in [6.07, 6.45) is 7.95. The Morgan fingerprint density at radius 2 is 1.85 bits per heavy atom. The first kappa shape index (κ1) is 18.3. The maximum absolute atomic E-state index is 4.69. The molecule has 0 saturated carbocycles. The number of hydrogen-bond donors (Lipinski definition) is 1. The van der Waals surface area contributed by atoms with Crippen LogP contribution >= 0.6 is 12.6 Å². The van der Waals surface area contributed by atoms with Crippen LogP contribution in [0.5, 0.6) is 0 Å². The van der Waals surface area contributed by atoms with E-state index in [4.69, 9.17) is 12.6 Å². The Bertz CT molecular complexity index is 251. The molecule has 1 rings (SSSR count). The van der Waals surface area contributed by atoms with Gasteiger partial charge >= 0.3 is 0 Å². The summed E-state index contributed by atoms with van der Waals surface area (Å²) in [5, 5.41) is 0. The van der Waals surface area contributed by atoms with E-state index in [2.05, 4.69) is 37.6 Å². The zero-order valence-electron chi connectivity index (χ0n) is 14.2. The van der Waals surface area contributed by atoms with Gasteiger partial charge in [0.25, 0.3) is 0 Å². The van der Waals surface area contributed by atoms with Crippen molar-refractivity contribution in [3.05, 3.63) is 0 Å². The predicted molar refractivity (Wildman–Crippen MR) is 93.9 cm³/mol. The van der Waals surface area contributed by atoms with Gasteiger partial charge in [-0.1, -0.05) is 33.6 Å². The van der Waals surface area contributed by atoms with Gasteiger partial charge in [0.1, 0.15) is 0 Å². The second-order valence-corrected chi connectivity index (χ2v) is 7.10. The van der Waals surface area contributed by atoms with Gasteiger partial charge in [-0.3, -0.25) is 4.90 Å². The van der Waals surface area contributed by atoms with Crippen molar-refractivity contribution in [3.63, 3.8) is 0 Å². The van der Waals surface area contributed by atoms with Crippen LogP contribution in [0, 0.1) is 5.41 Å². The van der Waals surface area contributed by atoms with Crippen molar-refractivity contribution < 1.29 is 0 Å². The number of rotatable bonds is 10. The molecule has 3 heteroatoms. The van der Waals surface area contributed by atoms with Crippen LogP contribution in [0.2, 0.25) is 0 Å². The van der Waals surface area contributed by atoms with E-state index in [1.807, 2.05) is 0 Å². The highest BCUT2D eigenvalue weighted by atomic mass is 32.1. The molecule has 2 nitrogen and oxygen atoms in total. The third-order valence-corrected chi connectivity index (χ3v) is 5.60. The molecule has 0 N–H and O–H groups in total. The number of thiol groups is 1. The van der Waals surface area contributed by atoms with E-state index in [0.717, 1.165) is 11.8 Å². The number of likely N-dealkylation sites (N-methyl/N-ethyl adjacent to an activating group) is 2. The van der Waals surface area contributed by atoms with Crippen LogP contribution < -0.4 is 0 Å². The van der Waals surface area contributed by atoms with E-state index < -0.39 is 0 Å². The van der Waals surface area contributed by atoms with E-state index in [9.17, 15) is 0 Å². The monoisotopic (exact) mass is 300 g/mol. The van der Waals surface area contributed by atoms with Gasteiger partial charge in [0.15, 0.2) is 0 Å². The second-order valence-electron chi connectivity index (χ2n) is 6.78. The van der Waals surface area contributed by atoms with Gasteiger partial charge in [0.05, 0.1) is 0 Å². The molecular weight excluding hydrogens is 264 g/mol. The summed E-state index contributed by atoms with van der Waals surface area (Å²) < 4.78 is 0. The second kappa shape index (κ2) is 9.32. The number of hydrogen-bond acceptors (Lipinski definition) is 3. The van der Waals surface area contributed by atoms with Crippen LogP contribution in [-0.2, 0) is 0 Å². The van der Waals surface area contributed by atoms with Crippen molar-refractivity contribution >= 4 is 12.6 Å². The van der Waals surface area contributed by atoms with Gasteiger partial charge < -0.3 is 4.90 Å². The topological polar surface area (TPSA) is 6.48 Å². The van der Waals surface area contributed by atoms with E-state index in [0.29, 0.717) is 5.41 Å². The maximum Gasteiger partial charge on any atom is 0.0223 e. The van der Waals surface area contributed by atoms with Crippen LogP contribution in [0.15, 0.2) is 0 Å². The van der Waals surface area contributed by atoms with Crippen molar-refractivity contribution in [1.29, 1.82) is 0 Å². The largest absolute Gasteiger partial charge is 0.304 e. The van der Waals surface area contributed by atoms with Gasteiger partial charge in [0, 0.05) is 19.1 Å². The van der Waals surface area contributed by atoms with Crippen LogP contribution in [0.4, 0.5) is 0 Å². The standard InChI is InChI=1S/C17H36N2S/c1-5-10-17(15-20,11-6-2)14-18(4)13-16-9-8-12-19(16)7-3/h16,20H,5-15H2,1-4H3. The molecule has 1 heterocycles. The van der Waals surface area contributed by atoms with Gasteiger partial charge in [-0.05, 0) is 57.0 Å². The molecule has 0 radical (unpaired) electrons. The van der Waals surface area contributed by atoms with Crippen LogP contribution in [-0.4, -0.2) is 54.8 Å². The highest BCUT2D eigenvalue weighted by Crippen LogP contribution is 2.32. The third kappa shape index (κ3) is 5.23. The minimum atomic E-state index is 0.428. The Morgan fingerprint density at radius 1 is 1.20 bits per heavy atom. The number of nitrogens with zero attached hydrogens (tertiary/aromatic N) is 2. The van der Waals surface area contributed by atoms with Gasteiger partial charge in [-0.15, -0.1) is 0 Å². The SMILES string of the molecule is CCCC(CS)(CCC)CN(C)CC1CCCN1CC. The lowest BCUT2D eigenvalue weighted by molar-refractivity contribution is 0.135. The normalized spacial score (nSPS) is 21.0. The first-order valence-electron chi connectivity index (χ1n) is 8.64. The Morgan fingerprint density at radius 3 is 2.35 bits per heavy atom. The summed E-state index contributed by atoms with van der Waals surface area (Å²) in [5.41, 5.74) is 0.428. The smallest absolute Gasteiger partial charge is 0.0223 e. The van der Waals surface area contributed by atoms with Crippen LogP contribution in [0.25, 0.3) is 0 Å². The zero-order valence-corrected chi connectivity index (χ0v) is 15.1. The quantitative estimate of drug-likeness (QED) is 0.611. The molecule has 0 aromatic carbocycles. The lowest BCUT2D eigenvalue weighted by atomic mass is 9.80. The Hall–Kier alpha value is 0.270. The van der Waals surface area contributed by atoms with Crippen molar-refractivity contribution in [2.45, 2.75) is 65.3 Å². The Balaban J connectivity index is 2.54. The molecule has 1 saturated heterocycles. The van der Waals surface area contributed by atoms with E-state index >= 15 is 0 Å². The predicted octanol–water partition coefficient (Wildman–Crippen LogP) is 3.92. The van der Waals surface area contributed by atoms with E-state index in [1.165, 1.54) is 64.7 Å². The molecule has 0 spiro atoms. The highest BCUT2D eigenvalue weighted by molar-refractivity contribution is 7.80. The summed E-state index contributed by atoms with van der Waals surface area (Å²) in [6.45, 7) is 11.9. The third-order valence-electron chi connectivity index (χ3n) is 4.93. The molecule has 1 unspecified atom stereocenters. The molecule has 1 atom stereocenters. The fraction of sp³-hybridized carbons (Fsp3) is 1.00. The van der Waals surface area contributed by atoms with Gasteiger partial charge in [-0.25, -0.2) is 0 Å². The molecule has 0 aliphatic carbocycles. The lowest BCUT2D eigenvalue weighted by Gasteiger charge is -2.38. The van der Waals surface area contributed by atoms with Crippen molar-refractivity contribution in [1.82, 2.24) is 9.80 Å². The Labute approximate surface area is 132 Å². The van der Waals surface area contributed by atoms with Crippen molar-refractivity contribution in [2.24, 2.45) is 5.41 Å². The molecule has 120 valence electrons. The number of likely N-dealkylation sites (tertiary alicyclic amines) is 1. The molecule has 0 aromatic heterocycles. The minimum absolute atomic E-state index is 0.428. The molecule has 20 heavy (non-hydrogen) atoms. The average Bonchev–Trinajstić information content (AvgIpc) is 2.86. The van der Waals surface area contributed by atoms with Crippen molar-refractivity contribution in [2.75, 3.05) is 39.0 Å². The van der Waals surface area contributed by atoms with Gasteiger partial charge in [0.2, 0.25) is 0 Å². The van der Waals surface area contributed by atoms with E-state index in [-0.39, 0.29) is 0 Å². The lowest BCUT2D eigenvalue weighted by Crippen LogP contribution is -2.44.